The maximum absolute atomic E-state index is 5.11. The van der Waals surface area contributed by atoms with Crippen molar-refractivity contribution >= 4 is 16.6 Å². The summed E-state index contributed by atoms with van der Waals surface area (Å²) in [5, 5.41) is 4.62. The van der Waals surface area contributed by atoms with Gasteiger partial charge in [-0.25, -0.2) is 0 Å². The molecule has 0 fully saturated rings. The molecule has 3 rings (SSSR count). The van der Waals surface area contributed by atoms with E-state index in [4.69, 9.17) is 4.42 Å². The van der Waals surface area contributed by atoms with E-state index in [-0.39, 0.29) is 6.04 Å². The van der Waals surface area contributed by atoms with Gasteiger partial charge in [-0.15, -0.1) is 0 Å². The van der Waals surface area contributed by atoms with Crippen molar-refractivity contribution in [3.63, 3.8) is 0 Å². The summed E-state index contributed by atoms with van der Waals surface area (Å²) in [6, 6.07) is 12.3. The standard InChI is InChI=1S/C15H14N2O/c1-11(12-7-9-18-10-12)17-15-6-2-5-14-13(15)4-3-8-16-14/h2-11,17H,1H3. The number of hydrogen-bond donors (Lipinski definition) is 1. The third-order valence-corrected chi connectivity index (χ3v) is 3.06. The maximum atomic E-state index is 5.11. The average molecular weight is 238 g/mol. The van der Waals surface area contributed by atoms with E-state index < -0.39 is 0 Å². The zero-order valence-electron chi connectivity index (χ0n) is 10.1. The molecule has 18 heavy (non-hydrogen) atoms. The lowest BCUT2D eigenvalue weighted by atomic mass is 10.1. The van der Waals surface area contributed by atoms with E-state index in [1.165, 1.54) is 0 Å². The normalized spacial score (nSPS) is 12.5. The van der Waals surface area contributed by atoms with Crippen LogP contribution in [0.15, 0.2) is 59.5 Å². The fourth-order valence-electron chi connectivity index (χ4n) is 2.07. The lowest BCUT2D eigenvalue weighted by Gasteiger charge is -2.15. The van der Waals surface area contributed by atoms with Crippen LogP contribution in [0.3, 0.4) is 0 Å². The molecule has 1 atom stereocenters. The summed E-state index contributed by atoms with van der Waals surface area (Å²) in [4.78, 5) is 4.35. The summed E-state index contributed by atoms with van der Waals surface area (Å²) in [5.41, 5.74) is 3.23. The lowest BCUT2D eigenvalue weighted by Crippen LogP contribution is -2.05. The first-order valence-corrected chi connectivity index (χ1v) is 5.97. The molecular formula is C15H14N2O. The highest BCUT2D eigenvalue weighted by atomic mass is 16.3. The predicted octanol–water partition coefficient (Wildman–Crippen LogP) is 4.00. The Hall–Kier alpha value is -2.29. The Morgan fingerprint density at radius 1 is 1.17 bits per heavy atom. The first-order valence-electron chi connectivity index (χ1n) is 5.97. The predicted molar refractivity (Wildman–Crippen MR) is 72.5 cm³/mol. The fraction of sp³-hybridized carbons (Fsp3) is 0.133. The largest absolute Gasteiger partial charge is 0.472 e. The second-order valence-corrected chi connectivity index (χ2v) is 4.30. The molecule has 2 heterocycles. The van der Waals surface area contributed by atoms with Crippen LogP contribution < -0.4 is 5.32 Å². The molecule has 0 saturated heterocycles. The maximum Gasteiger partial charge on any atom is 0.0955 e. The van der Waals surface area contributed by atoms with Crippen molar-refractivity contribution in [3.8, 4) is 0 Å². The molecule has 0 radical (unpaired) electrons. The van der Waals surface area contributed by atoms with E-state index in [2.05, 4.69) is 29.4 Å². The monoisotopic (exact) mass is 238 g/mol. The zero-order valence-corrected chi connectivity index (χ0v) is 10.1. The Balaban J connectivity index is 1.95. The molecule has 90 valence electrons. The van der Waals surface area contributed by atoms with Crippen LogP contribution in [0.1, 0.15) is 18.5 Å². The molecule has 1 N–H and O–H groups in total. The third kappa shape index (κ3) is 1.95. The van der Waals surface area contributed by atoms with Crippen LogP contribution in [0.25, 0.3) is 10.9 Å². The number of fused-ring (bicyclic) bond motifs is 1. The molecule has 1 aromatic carbocycles. The van der Waals surface area contributed by atoms with Crippen molar-refractivity contribution in [1.82, 2.24) is 4.98 Å². The average Bonchev–Trinajstić information content (AvgIpc) is 2.93. The van der Waals surface area contributed by atoms with Gasteiger partial charge in [0.2, 0.25) is 0 Å². The number of nitrogens with zero attached hydrogens (tertiary/aromatic N) is 1. The Labute approximate surface area is 105 Å². The van der Waals surface area contributed by atoms with Crippen molar-refractivity contribution in [1.29, 1.82) is 0 Å². The molecule has 1 unspecified atom stereocenters. The van der Waals surface area contributed by atoms with E-state index in [0.29, 0.717) is 0 Å². The van der Waals surface area contributed by atoms with Gasteiger partial charge >= 0.3 is 0 Å². The molecule has 0 spiro atoms. The van der Waals surface area contributed by atoms with Gasteiger partial charge in [0, 0.05) is 22.8 Å². The Morgan fingerprint density at radius 3 is 2.94 bits per heavy atom. The number of nitrogens with one attached hydrogen (secondary N) is 1. The second kappa shape index (κ2) is 4.53. The zero-order chi connectivity index (χ0) is 12.4. The highest BCUT2D eigenvalue weighted by Crippen LogP contribution is 2.25. The van der Waals surface area contributed by atoms with E-state index in [1.54, 1.807) is 12.5 Å². The van der Waals surface area contributed by atoms with Crippen molar-refractivity contribution < 1.29 is 4.42 Å². The van der Waals surface area contributed by atoms with Crippen LogP contribution in [-0.2, 0) is 0 Å². The molecule has 0 bridgehead atoms. The van der Waals surface area contributed by atoms with Gasteiger partial charge in [0.1, 0.15) is 0 Å². The van der Waals surface area contributed by atoms with E-state index >= 15 is 0 Å². The summed E-state index contributed by atoms with van der Waals surface area (Å²) < 4.78 is 5.11. The van der Waals surface area contributed by atoms with Crippen LogP contribution in [0.4, 0.5) is 5.69 Å². The van der Waals surface area contributed by atoms with E-state index in [1.807, 2.05) is 30.5 Å². The van der Waals surface area contributed by atoms with Gasteiger partial charge in [-0.1, -0.05) is 6.07 Å². The summed E-state index contributed by atoms with van der Waals surface area (Å²) in [6.45, 7) is 2.11. The highest BCUT2D eigenvalue weighted by Gasteiger charge is 2.08. The minimum atomic E-state index is 0.203. The topological polar surface area (TPSA) is 38.1 Å². The van der Waals surface area contributed by atoms with Gasteiger partial charge in [0.25, 0.3) is 0 Å². The molecule has 3 aromatic rings. The molecule has 2 aromatic heterocycles. The number of aromatic nitrogens is 1. The van der Waals surface area contributed by atoms with Gasteiger partial charge in [-0.2, -0.15) is 0 Å². The Morgan fingerprint density at radius 2 is 2.11 bits per heavy atom. The third-order valence-electron chi connectivity index (χ3n) is 3.06. The number of hydrogen-bond acceptors (Lipinski definition) is 3. The number of furan rings is 1. The minimum Gasteiger partial charge on any atom is -0.472 e. The first-order chi connectivity index (χ1) is 8.84. The van der Waals surface area contributed by atoms with Crippen LogP contribution in [-0.4, -0.2) is 4.98 Å². The van der Waals surface area contributed by atoms with Crippen LogP contribution in [0.2, 0.25) is 0 Å². The molecule has 3 heteroatoms. The Bertz CT molecular complexity index is 641. The van der Waals surface area contributed by atoms with E-state index in [0.717, 1.165) is 22.2 Å². The van der Waals surface area contributed by atoms with Gasteiger partial charge in [0.05, 0.1) is 24.1 Å². The molecule has 0 amide bonds. The van der Waals surface area contributed by atoms with E-state index in [9.17, 15) is 0 Å². The molecule has 0 aliphatic heterocycles. The van der Waals surface area contributed by atoms with Gasteiger partial charge in [-0.3, -0.25) is 4.98 Å². The van der Waals surface area contributed by atoms with Gasteiger partial charge in [-0.05, 0) is 37.3 Å². The van der Waals surface area contributed by atoms with Crippen molar-refractivity contribution in [2.45, 2.75) is 13.0 Å². The van der Waals surface area contributed by atoms with Crippen LogP contribution in [0.5, 0.6) is 0 Å². The minimum absolute atomic E-state index is 0.203. The van der Waals surface area contributed by atoms with Crippen molar-refractivity contribution in [2.75, 3.05) is 5.32 Å². The molecule has 3 nitrogen and oxygen atoms in total. The SMILES string of the molecule is CC(Nc1cccc2ncccc12)c1ccoc1. The van der Waals surface area contributed by atoms with Crippen LogP contribution >= 0.6 is 0 Å². The summed E-state index contributed by atoms with van der Waals surface area (Å²) in [7, 11) is 0. The second-order valence-electron chi connectivity index (χ2n) is 4.30. The molecule has 0 aliphatic rings. The molecule has 0 saturated carbocycles. The van der Waals surface area contributed by atoms with Gasteiger partial charge < -0.3 is 9.73 Å². The molecule has 0 aliphatic carbocycles. The lowest BCUT2D eigenvalue weighted by molar-refractivity contribution is 0.562. The number of benzene rings is 1. The molecular weight excluding hydrogens is 224 g/mol. The van der Waals surface area contributed by atoms with Crippen LogP contribution in [0, 0.1) is 0 Å². The smallest absolute Gasteiger partial charge is 0.0955 e. The fourth-order valence-corrected chi connectivity index (χ4v) is 2.07. The van der Waals surface area contributed by atoms with Crippen molar-refractivity contribution in [3.05, 3.63) is 60.7 Å². The Kier molecular flexibility index (Phi) is 2.73. The van der Waals surface area contributed by atoms with Gasteiger partial charge in [0.15, 0.2) is 0 Å². The number of pyridine rings is 1. The summed E-state index contributed by atoms with van der Waals surface area (Å²) in [6.07, 6.45) is 5.27. The summed E-state index contributed by atoms with van der Waals surface area (Å²) in [5.74, 6) is 0. The quantitative estimate of drug-likeness (QED) is 0.749. The first kappa shape index (κ1) is 10.8. The van der Waals surface area contributed by atoms with Crippen molar-refractivity contribution in [2.24, 2.45) is 0 Å². The number of anilines is 1. The summed E-state index contributed by atoms with van der Waals surface area (Å²) >= 11 is 0. The number of rotatable bonds is 3. The highest BCUT2D eigenvalue weighted by molar-refractivity contribution is 5.91.